The third kappa shape index (κ3) is 5.14. The normalized spacial score (nSPS) is 11.9. The summed E-state index contributed by atoms with van der Waals surface area (Å²) in [7, 11) is -3.56. The zero-order chi connectivity index (χ0) is 24.0. The van der Waals surface area contributed by atoms with Crippen LogP contribution in [0, 0.1) is 0 Å². The Morgan fingerprint density at radius 1 is 0.676 bits per heavy atom. The summed E-state index contributed by atoms with van der Waals surface area (Å²) in [5.41, 5.74) is 1.79. The molecule has 0 radical (unpaired) electrons. The minimum atomic E-state index is -3.56. The molecule has 2 N–H and O–H groups in total. The number of anilines is 2. The van der Waals surface area contributed by atoms with Crippen LogP contribution in [0.15, 0.2) is 126 Å². The first kappa shape index (κ1) is 23.6. The first-order chi connectivity index (χ1) is 16.5. The highest BCUT2D eigenvalue weighted by atomic mass is 35.5. The van der Waals surface area contributed by atoms with Crippen LogP contribution in [0.4, 0.5) is 11.4 Å². The molecule has 34 heavy (non-hydrogen) atoms. The molecule has 0 aliphatic carbocycles. The van der Waals surface area contributed by atoms with Gasteiger partial charge in [0.2, 0.25) is 0 Å². The summed E-state index contributed by atoms with van der Waals surface area (Å²) in [5.74, 6) is -0.436. The summed E-state index contributed by atoms with van der Waals surface area (Å²) in [5, 5.41) is 8.07. The highest BCUT2D eigenvalue weighted by Crippen LogP contribution is 2.53. The lowest BCUT2D eigenvalue weighted by atomic mass is 10.3. The second-order valence-corrected chi connectivity index (χ2v) is 10.8. The van der Waals surface area contributed by atoms with Gasteiger partial charge in [-0.05, 0) is 37.3 Å². The standard InChI is InChI=1S/C28H24ClN2O2P/c1-21(30-24-15-11-12-22(29)20-24)27(28(32)31-23-13-5-2-6-14-23)34(33,25-16-7-3-8-17-25)26-18-9-4-10-19-26/h2-20,30H,1H3,(H,31,32)/b27-21+. The van der Waals surface area contributed by atoms with Crippen LogP contribution < -0.4 is 21.2 Å². The predicted octanol–water partition coefficient (Wildman–Crippen LogP) is 6.64. The van der Waals surface area contributed by atoms with Crippen molar-refractivity contribution in [3.8, 4) is 0 Å². The lowest BCUT2D eigenvalue weighted by Crippen LogP contribution is -2.26. The first-order valence-corrected chi connectivity index (χ1v) is 12.9. The highest BCUT2D eigenvalue weighted by Gasteiger charge is 2.38. The van der Waals surface area contributed by atoms with Crippen molar-refractivity contribution in [3.05, 3.63) is 131 Å². The van der Waals surface area contributed by atoms with Crippen LogP contribution >= 0.6 is 18.7 Å². The van der Waals surface area contributed by atoms with Gasteiger partial charge in [-0.3, -0.25) is 4.79 Å². The number of amides is 1. The minimum absolute atomic E-state index is 0.175. The van der Waals surface area contributed by atoms with Crippen LogP contribution in [0.25, 0.3) is 0 Å². The summed E-state index contributed by atoms with van der Waals surface area (Å²) in [6.45, 7) is 1.76. The Hall–Kier alpha value is -3.59. The van der Waals surface area contributed by atoms with Gasteiger partial charge in [-0.2, -0.15) is 0 Å². The number of carbonyl (C=O) groups excluding carboxylic acids is 1. The van der Waals surface area contributed by atoms with Crippen molar-refractivity contribution < 1.29 is 9.36 Å². The molecule has 0 atom stereocenters. The van der Waals surface area contributed by atoms with Crippen LogP contribution in [-0.4, -0.2) is 5.91 Å². The predicted molar refractivity (Wildman–Crippen MR) is 143 cm³/mol. The average Bonchev–Trinajstić information content (AvgIpc) is 2.85. The van der Waals surface area contributed by atoms with Crippen LogP contribution in [0.3, 0.4) is 0 Å². The number of para-hydroxylation sites is 1. The van der Waals surface area contributed by atoms with E-state index in [1.54, 1.807) is 55.5 Å². The lowest BCUT2D eigenvalue weighted by molar-refractivity contribution is -0.112. The third-order valence-electron chi connectivity index (χ3n) is 5.31. The Morgan fingerprint density at radius 3 is 1.71 bits per heavy atom. The quantitative estimate of drug-likeness (QED) is 0.227. The molecule has 0 bridgehead atoms. The summed E-state index contributed by atoms with van der Waals surface area (Å²) in [6, 6.07) is 34.6. The van der Waals surface area contributed by atoms with Crippen molar-refractivity contribution >= 4 is 46.6 Å². The van der Waals surface area contributed by atoms with Crippen molar-refractivity contribution in [2.75, 3.05) is 10.6 Å². The molecule has 0 spiro atoms. The fourth-order valence-corrected chi connectivity index (χ4v) is 6.85. The number of allylic oxidation sites excluding steroid dienone is 1. The van der Waals surface area contributed by atoms with Gasteiger partial charge in [0.1, 0.15) is 5.31 Å². The van der Waals surface area contributed by atoms with E-state index < -0.39 is 13.0 Å². The van der Waals surface area contributed by atoms with E-state index in [0.717, 1.165) is 0 Å². The SMILES string of the molecule is C/C(Nc1cccc(Cl)c1)=C(/C(=O)Nc1ccccc1)P(=O)(c1ccccc1)c1ccccc1. The van der Waals surface area contributed by atoms with Gasteiger partial charge in [0.15, 0.2) is 7.14 Å². The number of hydrogen-bond acceptors (Lipinski definition) is 3. The molecule has 6 heteroatoms. The van der Waals surface area contributed by atoms with Gasteiger partial charge in [0, 0.05) is 32.7 Å². The molecule has 4 nitrogen and oxygen atoms in total. The topological polar surface area (TPSA) is 58.2 Å². The smallest absolute Gasteiger partial charge is 0.261 e. The van der Waals surface area contributed by atoms with E-state index in [-0.39, 0.29) is 5.31 Å². The highest BCUT2D eigenvalue weighted by molar-refractivity contribution is 7.83. The van der Waals surface area contributed by atoms with E-state index in [1.165, 1.54) is 0 Å². The van der Waals surface area contributed by atoms with Crippen molar-refractivity contribution in [3.63, 3.8) is 0 Å². The van der Waals surface area contributed by atoms with Gasteiger partial charge < -0.3 is 15.2 Å². The first-order valence-electron chi connectivity index (χ1n) is 10.8. The molecule has 0 aromatic heterocycles. The number of hydrogen-bond donors (Lipinski definition) is 2. The van der Waals surface area contributed by atoms with Gasteiger partial charge in [0.25, 0.3) is 5.91 Å². The summed E-state index contributed by atoms with van der Waals surface area (Å²) >= 11 is 6.17. The van der Waals surface area contributed by atoms with E-state index in [9.17, 15) is 4.79 Å². The van der Waals surface area contributed by atoms with Gasteiger partial charge in [-0.25, -0.2) is 0 Å². The molecule has 0 fully saturated rings. The van der Waals surface area contributed by atoms with E-state index in [2.05, 4.69) is 10.6 Å². The second-order valence-electron chi connectivity index (χ2n) is 7.71. The molecular weight excluding hydrogens is 463 g/mol. The minimum Gasteiger partial charge on any atom is -0.358 e. The molecule has 0 unspecified atom stereocenters. The van der Waals surface area contributed by atoms with Crippen LogP contribution in [0.1, 0.15) is 6.92 Å². The maximum Gasteiger partial charge on any atom is 0.261 e. The number of rotatable bonds is 7. The van der Waals surface area contributed by atoms with Crippen molar-refractivity contribution in [1.29, 1.82) is 0 Å². The molecule has 4 aromatic rings. The Labute approximate surface area is 204 Å². The summed E-state index contributed by atoms with van der Waals surface area (Å²) in [6.07, 6.45) is 0. The average molecular weight is 487 g/mol. The maximum atomic E-state index is 15.1. The van der Waals surface area contributed by atoms with Gasteiger partial charge in [-0.15, -0.1) is 0 Å². The molecule has 0 aliphatic rings. The molecule has 1 amide bonds. The number of benzene rings is 4. The molecular formula is C28H24ClN2O2P. The van der Waals surface area contributed by atoms with Gasteiger partial charge in [0.05, 0.1) is 0 Å². The van der Waals surface area contributed by atoms with Gasteiger partial charge >= 0.3 is 0 Å². The lowest BCUT2D eigenvalue weighted by Gasteiger charge is -2.25. The fraction of sp³-hybridized carbons (Fsp3) is 0.0357. The van der Waals surface area contributed by atoms with Crippen LogP contribution in [0.2, 0.25) is 5.02 Å². The molecule has 170 valence electrons. The molecule has 0 aliphatic heterocycles. The van der Waals surface area contributed by atoms with Crippen LogP contribution in [0.5, 0.6) is 0 Å². The molecule has 4 rings (SSSR count). The van der Waals surface area contributed by atoms with Crippen LogP contribution in [-0.2, 0) is 9.36 Å². The summed E-state index contributed by atoms with van der Waals surface area (Å²) < 4.78 is 15.1. The summed E-state index contributed by atoms with van der Waals surface area (Å²) in [4.78, 5) is 13.8. The van der Waals surface area contributed by atoms with E-state index in [0.29, 0.717) is 32.7 Å². The van der Waals surface area contributed by atoms with Crippen molar-refractivity contribution in [1.82, 2.24) is 0 Å². The Balaban J connectivity index is 1.92. The monoisotopic (exact) mass is 486 g/mol. The van der Waals surface area contributed by atoms with Crippen molar-refractivity contribution in [2.24, 2.45) is 0 Å². The van der Waals surface area contributed by atoms with Crippen molar-refractivity contribution in [2.45, 2.75) is 6.92 Å². The number of nitrogens with one attached hydrogen (secondary N) is 2. The third-order valence-corrected chi connectivity index (χ3v) is 8.77. The number of carbonyl (C=O) groups is 1. The Kier molecular flexibility index (Phi) is 7.32. The maximum absolute atomic E-state index is 15.1. The fourth-order valence-electron chi connectivity index (χ4n) is 3.79. The molecule has 4 aromatic carbocycles. The Morgan fingerprint density at radius 2 is 1.18 bits per heavy atom. The van der Waals surface area contributed by atoms with Gasteiger partial charge in [-0.1, -0.05) is 96.5 Å². The van der Waals surface area contributed by atoms with E-state index in [1.807, 2.05) is 66.7 Å². The Bertz CT molecular complexity index is 1310. The molecule has 0 heterocycles. The zero-order valence-corrected chi connectivity index (χ0v) is 20.3. The van der Waals surface area contributed by atoms with E-state index in [4.69, 9.17) is 11.6 Å². The molecule has 0 saturated carbocycles. The largest absolute Gasteiger partial charge is 0.358 e. The van der Waals surface area contributed by atoms with E-state index >= 15 is 4.57 Å². The second kappa shape index (κ2) is 10.6. The zero-order valence-electron chi connectivity index (χ0n) is 18.6. The number of halogens is 1. The molecule has 0 saturated heterocycles.